The highest BCUT2D eigenvalue weighted by molar-refractivity contribution is 5.52. The van der Waals surface area contributed by atoms with E-state index in [0.29, 0.717) is 18.3 Å². The monoisotopic (exact) mass is 301 g/mol. The van der Waals surface area contributed by atoms with Gasteiger partial charge in [-0.15, -0.1) is 0 Å². The first-order valence-corrected chi connectivity index (χ1v) is 7.42. The zero-order valence-corrected chi connectivity index (χ0v) is 12.7. The van der Waals surface area contributed by atoms with Crippen molar-refractivity contribution in [2.45, 2.75) is 45.8 Å². The number of piperidine rings is 1. The molecule has 21 heavy (non-hydrogen) atoms. The summed E-state index contributed by atoms with van der Waals surface area (Å²) in [6, 6.07) is 2.43. The molecule has 0 spiro atoms. The van der Waals surface area contributed by atoms with E-state index in [4.69, 9.17) is 0 Å². The molecule has 0 aliphatic carbocycles. The molecule has 2 rings (SSSR count). The van der Waals surface area contributed by atoms with Gasteiger partial charge in [-0.25, -0.2) is 4.98 Å². The zero-order chi connectivity index (χ0) is 15.6. The fraction of sp³-hybridized carbons (Fsp3) is 0.667. The smallest absolute Gasteiger partial charge is 0.370 e. The number of anilines is 2. The molecule has 118 valence electrons. The second kappa shape index (κ2) is 6.12. The molecule has 1 aliphatic rings. The van der Waals surface area contributed by atoms with Crippen LogP contribution in [-0.4, -0.2) is 24.1 Å². The standard InChI is InChI=1S/C15H22F3N3/c1-4-19-13-8-12(15(16,17)18)9-14(20-13)21-7-5-6-10(2)11(21)3/h8-11H,4-7H2,1-3H3,(H,19,20). The van der Waals surface area contributed by atoms with Crippen molar-refractivity contribution in [3.63, 3.8) is 0 Å². The molecule has 2 unspecified atom stereocenters. The molecule has 1 aliphatic heterocycles. The lowest BCUT2D eigenvalue weighted by molar-refractivity contribution is -0.137. The largest absolute Gasteiger partial charge is 0.416 e. The fourth-order valence-electron chi connectivity index (χ4n) is 2.76. The first-order chi connectivity index (χ1) is 9.82. The van der Waals surface area contributed by atoms with Crippen LogP contribution in [0.4, 0.5) is 24.8 Å². The van der Waals surface area contributed by atoms with Gasteiger partial charge in [0.2, 0.25) is 0 Å². The Morgan fingerprint density at radius 2 is 2.05 bits per heavy atom. The van der Waals surface area contributed by atoms with Crippen LogP contribution in [-0.2, 0) is 6.18 Å². The molecule has 2 atom stereocenters. The molecule has 1 aromatic rings. The number of hydrogen-bond donors (Lipinski definition) is 1. The Kier molecular flexibility index (Phi) is 4.64. The van der Waals surface area contributed by atoms with E-state index < -0.39 is 11.7 Å². The Bertz CT molecular complexity index is 488. The van der Waals surface area contributed by atoms with E-state index in [1.807, 2.05) is 11.8 Å². The van der Waals surface area contributed by atoms with Crippen molar-refractivity contribution in [2.24, 2.45) is 5.92 Å². The summed E-state index contributed by atoms with van der Waals surface area (Å²) in [5, 5.41) is 2.89. The van der Waals surface area contributed by atoms with Crippen molar-refractivity contribution in [3.05, 3.63) is 17.7 Å². The van der Waals surface area contributed by atoms with Crippen molar-refractivity contribution in [2.75, 3.05) is 23.3 Å². The lowest BCUT2D eigenvalue weighted by atomic mass is 9.92. The average molecular weight is 301 g/mol. The minimum absolute atomic E-state index is 0.198. The molecule has 1 N–H and O–H groups in total. The molecule has 0 aromatic carbocycles. The lowest BCUT2D eigenvalue weighted by Gasteiger charge is -2.39. The van der Waals surface area contributed by atoms with E-state index in [1.165, 1.54) is 0 Å². The summed E-state index contributed by atoms with van der Waals surface area (Å²) in [6.07, 6.45) is -2.26. The zero-order valence-electron chi connectivity index (χ0n) is 12.7. The SMILES string of the molecule is CCNc1cc(C(F)(F)F)cc(N2CCCC(C)C2C)n1. The molecule has 1 fully saturated rings. The van der Waals surface area contributed by atoms with Crippen LogP contribution < -0.4 is 10.2 Å². The summed E-state index contributed by atoms with van der Waals surface area (Å²) in [7, 11) is 0. The predicted octanol–water partition coefficient (Wildman–Crippen LogP) is 4.16. The van der Waals surface area contributed by atoms with Crippen LogP contribution >= 0.6 is 0 Å². The molecule has 2 heterocycles. The first-order valence-electron chi connectivity index (χ1n) is 7.42. The minimum atomic E-state index is -4.35. The second-order valence-corrected chi connectivity index (χ2v) is 5.68. The predicted molar refractivity (Wildman–Crippen MR) is 78.6 cm³/mol. The molecular weight excluding hydrogens is 279 g/mol. The summed E-state index contributed by atoms with van der Waals surface area (Å²) < 4.78 is 39.2. The number of alkyl halides is 3. The van der Waals surface area contributed by atoms with Crippen molar-refractivity contribution in [3.8, 4) is 0 Å². The Labute approximate surface area is 123 Å². The number of pyridine rings is 1. The summed E-state index contributed by atoms with van der Waals surface area (Å²) in [5.41, 5.74) is -0.645. The van der Waals surface area contributed by atoms with E-state index >= 15 is 0 Å². The van der Waals surface area contributed by atoms with Gasteiger partial charge in [-0.2, -0.15) is 13.2 Å². The molecule has 0 amide bonds. The second-order valence-electron chi connectivity index (χ2n) is 5.68. The molecular formula is C15H22F3N3. The van der Waals surface area contributed by atoms with Crippen LogP contribution in [0.1, 0.15) is 39.2 Å². The first kappa shape index (κ1) is 15.9. The summed E-state index contributed by atoms with van der Waals surface area (Å²) in [5.74, 6) is 1.16. The van der Waals surface area contributed by atoms with Crippen LogP contribution in [0.25, 0.3) is 0 Å². The third-order valence-corrected chi connectivity index (χ3v) is 4.16. The lowest BCUT2D eigenvalue weighted by Crippen LogP contribution is -2.43. The van der Waals surface area contributed by atoms with Gasteiger partial charge in [-0.3, -0.25) is 0 Å². The Hall–Kier alpha value is -1.46. The number of nitrogens with zero attached hydrogens (tertiary/aromatic N) is 2. The van der Waals surface area contributed by atoms with Gasteiger partial charge < -0.3 is 10.2 Å². The number of halogens is 3. The highest BCUT2D eigenvalue weighted by Crippen LogP contribution is 2.35. The topological polar surface area (TPSA) is 28.2 Å². The number of aromatic nitrogens is 1. The van der Waals surface area contributed by atoms with E-state index in [0.717, 1.165) is 31.5 Å². The maximum absolute atomic E-state index is 13.1. The van der Waals surface area contributed by atoms with Gasteiger partial charge in [0, 0.05) is 19.1 Å². The average Bonchev–Trinajstić information content (AvgIpc) is 2.41. The Morgan fingerprint density at radius 1 is 1.33 bits per heavy atom. The Balaban J connectivity index is 2.39. The molecule has 1 aromatic heterocycles. The van der Waals surface area contributed by atoms with E-state index in [9.17, 15) is 13.2 Å². The number of nitrogens with one attached hydrogen (secondary N) is 1. The van der Waals surface area contributed by atoms with Gasteiger partial charge in [0.1, 0.15) is 11.6 Å². The van der Waals surface area contributed by atoms with E-state index in [-0.39, 0.29) is 11.9 Å². The summed E-state index contributed by atoms with van der Waals surface area (Å²) in [6.45, 7) is 7.33. The molecule has 1 saturated heterocycles. The summed E-state index contributed by atoms with van der Waals surface area (Å²) >= 11 is 0. The van der Waals surface area contributed by atoms with Gasteiger partial charge in [0.25, 0.3) is 0 Å². The third kappa shape index (κ3) is 3.60. The molecule has 0 saturated carbocycles. The van der Waals surface area contributed by atoms with E-state index in [1.54, 1.807) is 0 Å². The van der Waals surface area contributed by atoms with Gasteiger partial charge in [-0.05, 0) is 44.7 Å². The molecule has 6 heteroatoms. The highest BCUT2D eigenvalue weighted by Gasteiger charge is 2.33. The quantitative estimate of drug-likeness (QED) is 0.908. The fourth-order valence-corrected chi connectivity index (χ4v) is 2.76. The van der Waals surface area contributed by atoms with Crippen LogP contribution in [0.2, 0.25) is 0 Å². The number of hydrogen-bond acceptors (Lipinski definition) is 3. The van der Waals surface area contributed by atoms with Gasteiger partial charge >= 0.3 is 6.18 Å². The molecule has 3 nitrogen and oxygen atoms in total. The van der Waals surface area contributed by atoms with Crippen molar-refractivity contribution in [1.29, 1.82) is 0 Å². The molecule has 0 bridgehead atoms. The Morgan fingerprint density at radius 3 is 2.67 bits per heavy atom. The maximum atomic E-state index is 13.1. The highest BCUT2D eigenvalue weighted by atomic mass is 19.4. The van der Waals surface area contributed by atoms with Crippen LogP contribution in [0.5, 0.6) is 0 Å². The molecule has 0 radical (unpaired) electrons. The van der Waals surface area contributed by atoms with Crippen molar-refractivity contribution >= 4 is 11.6 Å². The van der Waals surface area contributed by atoms with Crippen LogP contribution in [0.15, 0.2) is 12.1 Å². The van der Waals surface area contributed by atoms with Crippen LogP contribution in [0, 0.1) is 5.92 Å². The van der Waals surface area contributed by atoms with Crippen molar-refractivity contribution < 1.29 is 13.2 Å². The van der Waals surface area contributed by atoms with Gasteiger partial charge in [0.05, 0.1) is 5.56 Å². The van der Waals surface area contributed by atoms with Crippen LogP contribution in [0.3, 0.4) is 0 Å². The normalized spacial score (nSPS) is 23.2. The summed E-state index contributed by atoms with van der Waals surface area (Å²) in [4.78, 5) is 6.35. The maximum Gasteiger partial charge on any atom is 0.416 e. The minimum Gasteiger partial charge on any atom is -0.370 e. The van der Waals surface area contributed by atoms with E-state index in [2.05, 4.69) is 24.1 Å². The third-order valence-electron chi connectivity index (χ3n) is 4.16. The van der Waals surface area contributed by atoms with Crippen molar-refractivity contribution in [1.82, 2.24) is 4.98 Å². The van der Waals surface area contributed by atoms with Gasteiger partial charge in [0.15, 0.2) is 0 Å². The number of rotatable bonds is 3. The van der Waals surface area contributed by atoms with Gasteiger partial charge in [-0.1, -0.05) is 6.92 Å².